The fourth-order valence-corrected chi connectivity index (χ4v) is 3.39. The largest absolute Gasteiger partial charge is 0.508 e. The van der Waals surface area contributed by atoms with Crippen LogP contribution in [0.5, 0.6) is 5.75 Å². The van der Waals surface area contributed by atoms with Crippen LogP contribution in [0, 0.1) is 0 Å². The minimum Gasteiger partial charge on any atom is -0.508 e. The summed E-state index contributed by atoms with van der Waals surface area (Å²) in [6.07, 6.45) is 1.86. The molecule has 140 valence electrons. The molecule has 0 saturated heterocycles. The SMILES string of the molecule is CCC[C@H](NC(=O)CSc1nnnn1-c1ccc(O)cc1)c1ccccc1. The fraction of sp³-hybridized carbons (Fsp3) is 0.263. The lowest BCUT2D eigenvalue weighted by Gasteiger charge is -2.18. The minimum atomic E-state index is -0.0671. The molecule has 2 aromatic carbocycles. The molecule has 0 unspecified atom stereocenters. The van der Waals surface area contributed by atoms with Crippen LogP contribution in [-0.4, -0.2) is 37.0 Å². The molecule has 0 aliphatic carbocycles. The first-order valence-electron chi connectivity index (χ1n) is 8.72. The summed E-state index contributed by atoms with van der Waals surface area (Å²) < 4.78 is 1.54. The number of phenols is 1. The molecular weight excluding hydrogens is 362 g/mol. The molecule has 3 rings (SSSR count). The van der Waals surface area contributed by atoms with E-state index >= 15 is 0 Å². The monoisotopic (exact) mass is 383 g/mol. The molecule has 0 aliphatic rings. The lowest BCUT2D eigenvalue weighted by atomic mass is 10.0. The van der Waals surface area contributed by atoms with E-state index in [1.807, 2.05) is 30.3 Å². The molecule has 0 radical (unpaired) electrons. The third kappa shape index (κ3) is 5.07. The number of hydrogen-bond donors (Lipinski definition) is 2. The van der Waals surface area contributed by atoms with Gasteiger partial charge in [-0.2, -0.15) is 4.68 Å². The lowest BCUT2D eigenvalue weighted by Crippen LogP contribution is -2.30. The van der Waals surface area contributed by atoms with Crippen LogP contribution >= 0.6 is 11.8 Å². The third-order valence-corrected chi connectivity index (χ3v) is 4.90. The van der Waals surface area contributed by atoms with Gasteiger partial charge in [0, 0.05) is 0 Å². The molecule has 1 atom stereocenters. The number of benzene rings is 2. The van der Waals surface area contributed by atoms with E-state index in [0.717, 1.165) is 18.4 Å². The molecule has 7 nitrogen and oxygen atoms in total. The van der Waals surface area contributed by atoms with E-state index in [1.165, 1.54) is 16.4 Å². The predicted molar refractivity (Wildman–Crippen MR) is 104 cm³/mol. The van der Waals surface area contributed by atoms with Crippen molar-refractivity contribution in [2.45, 2.75) is 31.0 Å². The molecule has 2 N–H and O–H groups in total. The lowest BCUT2D eigenvalue weighted by molar-refractivity contribution is -0.119. The second kappa shape index (κ2) is 9.18. The topological polar surface area (TPSA) is 92.9 Å². The number of aromatic hydroxyl groups is 1. The average Bonchev–Trinajstić information content (AvgIpc) is 3.16. The summed E-state index contributed by atoms with van der Waals surface area (Å²) in [7, 11) is 0. The number of thioether (sulfide) groups is 1. The number of rotatable bonds is 8. The van der Waals surface area contributed by atoms with Gasteiger partial charge in [0.05, 0.1) is 17.5 Å². The standard InChI is InChI=1S/C19H21N5O2S/c1-2-6-17(14-7-4-3-5-8-14)20-18(26)13-27-19-21-22-23-24(19)15-9-11-16(25)12-10-15/h3-5,7-12,17,25H,2,6,13H2,1H3,(H,20,26)/t17-/m0/s1. The second-order valence-corrected chi connectivity index (χ2v) is 6.94. The molecule has 8 heteroatoms. The Morgan fingerprint density at radius 1 is 1.19 bits per heavy atom. The van der Waals surface area contributed by atoms with Gasteiger partial charge in [-0.1, -0.05) is 55.4 Å². The number of tetrazole rings is 1. The Hall–Kier alpha value is -2.87. The summed E-state index contributed by atoms with van der Waals surface area (Å²) in [4.78, 5) is 12.4. The number of amides is 1. The van der Waals surface area contributed by atoms with Gasteiger partial charge < -0.3 is 10.4 Å². The van der Waals surface area contributed by atoms with Crippen LogP contribution in [0.2, 0.25) is 0 Å². The number of nitrogens with one attached hydrogen (secondary N) is 1. The highest BCUT2D eigenvalue weighted by Gasteiger charge is 2.16. The van der Waals surface area contributed by atoms with Crippen molar-refractivity contribution in [1.82, 2.24) is 25.5 Å². The van der Waals surface area contributed by atoms with Gasteiger partial charge >= 0.3 is 0 Å². The Kier molecular flexibility index (Phi) is 6.43. The normalized spacial score (nSPS) is 11.9. The first-order valence-corrected chi connectivity index (χ1v) is 9.71. The highest BCUT2D eigenvalue weighted by atomic mass is 32.2. The van der Waals surface area contributed by atoms with Crippen molar-refractivity contribution in [3.63, 3.8) is 0 Å². The van der Waals surface area contributed by atoms with Gasteiger partial charge in [0.1, 0.15) is 5.75 Å². The van der Waals surface area contributed by atoms with Crippen molar-refractivity contribution >= 4 is 17.7 Å². The summed E-state index contributed by atoms with van der Waals surface area (Å²) >= 11 is 1.27. The highest BCUT2D eigenvalue weighted by molar-refractivity contribution is 7.99. The zero-order chi connectivity index (χ0) is 19.1. The maximum Gasteiger partial charge on any atom is 0.230 e. The summed E-state index contributed by atoms with van der Waals surface area (Å²) in [5.74, 6) is 0.316. The Morgan fingerprint density at radius 2 is 1.93 bits per heavy atom. The fourth-order valence-electron chi connectivity index (χ4n) is 2.69. The first kappa shape index (κ1) is 18.9. The molecule has 1 amide bonds. The van der Waals surface area contributed by atoms with Crippen LogP contribution in [0.15, 0.2) is 59.8 Å². The van der Waals surface area contributed by atoms with Crippen LogP contribution in [-0.2, 0) is 4.79 Å². The maximum atomic E-state index is 12.4. The van der Waals surface area contributed by atoms with E-state index in [4.69, 9.17) is 0 Å². The minimum absolute atomic E-state index is 0.00241. The number of carbonyl (C=O) groups is 1. The van der Waals surface area contributed by atoms with E-state index in [9.17, 15) is 9.90 Å². The predicted octanol–water partition coefficient (Wildman–Crippen LogP) is 3.12. The Morgan fingerprint density at radius 3 is 2.63 bits per heavy atom. The summed E-state index contributed by atoms with van der Waals surface area (Å²) in [6.45, 7) is 2.10. The van der Waals surface area contributed by atoms with E-state index in [2.05, 4.69) is 27.8 Å². The molecule has 3 aromatic rings. The number of nitrogens with zero attached hydrogens (tertiary/aromatic N) is 4. The Labute approximate surface area is 161 Å². The van der Waals surface area contributed by atoms with Crippen molar-refractivity contribution in [3.8, 4) is 11.4 Å². The van der Waals surface area contributed by atoms with Gasteiger partial charge in [0.15, 0.2) is 0 Å². The van der Waals surface area contributed by atoms with Gasteiger partial charge in [-0.3, -0.25) is 4.79 Å². The van der Waals surface area contributed by atoms with Crippen molar-refractivity contribution < 1.29 is 9.90 Å². The van der Waals surface area contributed by atoms with Crippen LogP contribution in [0.3, 0.4) is 0 Å². The number of hydrogen-bond acceptors (Lipinski definition) is 6. The van der Waals surface area contributed by atoms with Gasteiger partial charge in [-0.15, -0.1) is 5.10 Å². The van der Waals surface area contributed by atoms with E-state index in [-0.39, 0.29) is 23.5 Å². The maximum absolute atomic E-state index is 12.4. The van der Waals surface area contributed by atoms with E-state index in [0.29, 0.717) is 10.8 Å². The van der Waals surface area contributed by atoms with Crippen molar-refractivity contribution in [3.05, 3.63) is 60.2 Å². The molecule has 0 aliphatic heterocycles. The van der Waals surface area contributed by atoms with Gasteiger partial charge in [-0.25, -0.2) is 0 Å². The van der Waals surface area contributed by atoms with Gasteiger partial charge in [0.2, 0.25) is 11.1 Å². The zero-order valence-corrected chi connectivity index (χ0v) is 15.8. The number of aromatic nitrogens is 4. The van der Waals surface area contributed by atoms with Crippen LogP contribution < -0.4 is 5.32 Å². The quantitative estimate of drug-likeness (QED) is 0.581. The third-order valence-electron chi connectivity index (χ3n) is 3.98. The van der Waals surface area contributed by atoms with Crippen molar-refractivity contribution in [1.29, 1.82) is 0 Å². The van der Waals surface area contributed by atoms with Crippen LogP contribution in [0.25, 0.3) is 5.69 Å². The molecule has 1 heterocycles. The Balaban J connectivity index is 1.62. The average molecular weight is 383 g/mol. The molecule has 0 fully saturated rings. The van der Waals surface area contributed by atoms with Gasteiger partial charge in [0.25, 0.3) is 0 Å². The Bertz CT molecular complexity index is 867. The number of phenolic OH excluding ortho intramolecular Hbond substituents is 1. The first-order chi connectivity index (χ1) is 13.2. The molecule has 0 bridgehead atoms. The summed E-state index contributed by atoms with van der Waals surface area (Å²) in [5.41, 5.74) is 1.82. The second-order valence-electron chi connectivity index (χ2n) is 6.00. The highest BCUT2D eigenvalue weighted by Crippen LogP contribution is 2.21. The molecular formula is C19H21N5O2S. The smallest absolute Gasteiger partial charge is 0.230 e. The van der Waals surface area contributed by atoms with Gasteiger partial charge in [-0.05, 0) is 46.7 Å². The number of carbonyl (C=O) groups excluding carboxylic acids is 1. The van der Waals surface area contributed by atoms with Crippen LogP contribution in [0.4, 0.5) is 0 Å². The zero-order valence-electron chi connectivity index (χ0n) is 14.9. The molecule has 0 saturated carbocycles. The van der Waals surface area contributed by atoms with E-state index in [1.54, 1.807) is 24.3 Å². The van der Waals surface area contributed by atoms with Crippen molar-refractivity contribution in [2.24, 2.45) is 0 Å². The van der Waals surface area contributed by atoms with E-state index < -0.39 is 0 Å². The molecule has 1 aromatic heterocycles. The molecule has 0 spiro atoms. The van der Waals surface area contributed by atoms with Crippen LogP contribution in [0.1, 0.15) is 31.4 Å². The summed E-state index contributed by atoms with van der Waals surface area (Å²) in [6, 6.07) is 16.5. The molecule has 27 heavy (non-hydrogen) atoms. The van der Waals surface area contributed by atoms with Crippen molar-refractivity contribution in [2.75, 3.05) is 5.75 Å². The summed E-state index contributed by atoms with van der Waals surface area (Å²) in [5, 5.41) is 24.6.